The molecule has 0 aromatic heterocycles. The molecule has 2 atom stereocenters. The van der Waals surface area contributed by atoms with Crippen LogP contribution in [-0.4, -0.2) is 55.8 Å². The Kier molecular flexibility index (Phi) is 7.03. The molecule has 0 bridgehead atoms. The molecule has 0 radical (unpaired) electrons. The standard InChI is InChI=1S/C21H23NO10S2/c1-3-11(2)19(20(23)24)22-21(25)32-10-18-16-8-12(33(26,27)28)4-6-14(16)15-7-5-13(9-17(15)18)34(29,30)31/h4-9,11,18-19H,3,10H2,1-2H3,(H,22,25)(H,23,24)(H,26,27,28)(H,29,30,31)/t11-,19-/m0/s1. The minimum Gasteiger partial charge on any atom is -0.480 e. The highest BCUT2D eigenvalue weighted by molar-refractivity contribution is 7.86. The highest BCUT2D eigenvalue weighted by atomic mass is 32.2. The maximum Gasteiger partial charge on any atom is 0.407 e. The summed E-state index contributed by atoms with van der Waals surface area (Å²) in [6, 6.07) is 6.37. The van der Waals surface area contributed by atoms with Crippen molar-refractivity contribution in [2.45, 2.75) is 42.0 Å². The summed E-state index contributed by atoms with van der Waals surface area (Å²) < 4.78 is 70.6. The van der Waals surface area contributed by atoms with Gasteiger partial charge < -0.3 is 15.2 Å². The first-order valence-corrected chi connectivity index (χ1v) is 13.0. The second-order valence-corrected chi connectivity index (χ2v) is 10.8. The van der Waals surface area contributed by atoms with E-state index < -0.39 is 60.7 Å². The Balaban J connectivity index is 1.97. The summed E-state index contributed by atoms with van der Waals surface area (Å²) >= 11 is 0. The van der Waals surface area contributed by atoms with E-state index in [1.807, 2.05) is 0 Å². The van der Waals surface area contributed by atoms with Gasteiger partial charge in [0, 0.05) is 5.92 Å². The minimum absolute atomic E-state index is 0.335. The van der Waals surface area contributed by atoms with Gasteiger partial charge in [0.2, 0.25) is 0 Å². The van der Waals surface area contributed by atoms with E-state index in [4.69, 9.17) is 4.74 Å². The molecule has 34 heavy (non-hydrogen) atoms. The van der Waals surface area contributed by atoms with Gasteiger partial charge in [0.25, 0.3) is 20.2 Å². The number of carbonyl (C=O) groups excluding carboxylic acids is 1. The number of carboxylic acids is 1. The molecule has 1 amide bonds. The summed E-state index contributed by atoms with van der Waals surface area (Å²) in [4.78, 5) is 23.0. The van der Waals surface area contributed by atoms with Crippen LogP contribution in [0.2, 0.25) is 0 Å². The molecular weight excluding hydrogens is 490 g/mol. The molecule has 0 saturated carbocycles. The smallest absolute Gasteiger partial charge is 0.407 e. The number of rotatable bonds is 8. The lowest BCUT2D eigenvalue weighted by atomic mass is 9.98. The number of fused-ring (bicyclic) bond motifs is 3. The van der Waals surface area contributed by atoms with Crippen LogP contribution in [0.25, 0.3) is 11.1 Å². The van der Waals surface area contributed by atoms with Crippen LogP contribution in [0.5, 0.6) is 0 Å². The Bertz CT molecular complexity index is 1270. The normalized spacial score (nSPS) is 15.2. The molecule has 11 nitrogen and oxygen atoms in total. The van der Waals surface area contributed by atoms with Crippen molar-refractivity contribution >= 4 is 32.3 Å². The van der Waals surface area contributed by atoms with Crippen LogP contribution in [-0.2, 0) is 29.8 Å². The number of carboxylic acid groups (broad SMARTS) is 1. The van der Waals surface area contributed by atoms with Crippen LogP contribution in [0, 0.1) is 5.92 Å². The monoisotopic (exact) mass is 513 g/mol. The van der Waals surface area contributed by atoms with Crippen molar-refractivity contribution < 1.29 is 45.4 Å². The van der Waals surface area contributed by atoms with Gasteiger partial charge in [-0.25, -0.2) is 9.59 Å². The van der Waals surface area contributed by atoms with Crippen LogP contribution in [0.1, 0.15) is 37.3 Å². The van der Waals surface area contributed by atoms with Crippen molar-refractivity contribution in [2.24, 2.45) is 5.92 Å². The van der Waals surface area contributed by atoms with Gasteiger partial charge in [-0.2, -0.15) is 16.8 Å². The van der Waals surface area contributed by atoms with Crippen molar-refractivity contribution in [3.63, 3.8) is 0 Å². The minimum atomic E-state index is -4.56. The molecule has 0 saturated heterocycles. The third-order valence-corrected chi connectivity index (χ3v) is 7.52. The van der Waals surface area contributed by atoms with Gasteiger partial charge in [-0.3, -0.25) is 9.11 Å². The molecule has 2 aromatic carbocycles. The number of amides is 1. The average molecular weight is 514 g/mol. The summed E-state index contributed by atoms with van der Waals surface area (Å²) in [7, 11) is -9.11. The fraction of sp³-hybridized carbons (Fsp3) is 0.333. The number of benzene rings is 2. The summed E-state index contributed by atoms with van der Waals surface area (Å²) in [6.07, 6.45) is -0.545. The molecule has 0 spiro atoms. The summed E-state index contributed by atoms with van der Waals surface area (Å²) in [6.45, 7) is 3.01. The van der Waals surface area contributed by atoms with Gasteiger partial charge in [-0.1, -0.05) is 32.4 Å². The van der Waals surface area contributed by atoms with Crippen molar-refractivity contribution in [2.75, 3.05) is 6.61 Å². The molecule has 2 aromatic rings. The Morgan fingerprint density at radius 3 is 1.82 bits per heavy atom. The van der Waals surface area contributed by atoms with E-state index in [1.165, 1.54) is 36.4 Å². The van der Waals surface area contributed by atoms with Crippen LogP contribution in [0.15, 0.2) is 46.2 Å². The van der Waals surface area contributed by atoms with E-state index in [-0.39, 0.29) is 5.92 Å². The highest BCUT2D eigenvalue weighted by Gasteiger charge is 2.33. The Morgan fingerprint density at radius 1 is 0.971 bits per heavy atom. The van der Waals surface area contributed by atoms with E-state index in [0.717, 1.165) is 0 Å². The zero-order valence-corrected chi connectivity index (χ0v) is 19.8. The number of hydrogen-bond donors (Lipinski definition) is 4. The first-order valence-electron chi connectivity index (χ1n) is 10.1. The van der Waals surface area contributed by atoms with Crippen LogP contribution < -0.4 is 5.32 Å². The van der Waals surface area contributed by atoms with E-state index in [1.54, 1.807) is 13.8 Å². The predicted molar refractivity (Wildman–Crippen MR) is 119 cm³/mol. The fourth-order valence-electron chi connectivity index (χ4n) is 3.83. The second kappa shape index (κ2) is 9.33. The van der Waals surface area contributed by atoms with Crippen molar-refractivity contribution in [1.82, 2.24) is 5.32 Å². The van der Waals surface area contributed by atoms with E-state index in [0.29, 0.717) is 28.7 Å². The molecule has 13 heteroatoms. The maximum atomic E-state index is 12.3. The van der Waals surface area contributed by atoms with Gasteiger partial charge in [0.1, 0.15) is 12.6 Å². The topological polar surface area (TPSA) is 184 Å². The van der Waals surface area contributed by atoms with E-state index >= 15 is 0 Å². The van der Waals surface area contributed by atoms with Gasteiger partial charge in [0.05, 0.1) is 9.79 Å². The maximum absolute atomic E-state index is 12.3. The van der Waals surface area contributed by atoms with Gasteiger partial charge in [0.15, 0.2) is 0 Å². The fourth-order valence-corrected chi connectivity index (χ4v) is 4.86. The number of aliphatic carboxylic acids is 1. The largest absolute Gasteiger partial charge is 0.480 e. The zero-order chi connectivity index (χ0) is 25.4. The molecule has 0 heterocycles. The molecule has 0 aliphatic heterocycles. The molecular formula is C21H23NO10S2. The molecule has 0 fully saturated rings. The Labute approximate surface area is 196 Å². The third-order valence-electron chi connectivity index (χ3n) is 5.82. The van der Waals surface area contributed by atoms with Gasteiger partial charge >= 0.3 is 12.1 Å². The molecule has 4 N–H and O–H groups in total. The first-order chi connectivity index (χ1) is 15.7. The summed E-state index contributed by atoms with van der Waals surface area (Å²) in [5, 5.41) is 11.6. The SMILES string of the molecule is CC[C@H](C)[C@H](NC(=O)OCC1c2cc(S(=O)(=O)O)ccc2-c2ccc(S(=O)(=O)O)cc21)C(=O)O. The number of nitrogens with one attached hydrogen (secondary N) is 1. The van der Waals surface area contributed by atoms with Gasteiger partial charge in [-0.05, 0) is 52.4 Å². The third kappa shape index (κ3) is 5.22. The van der Waals surface area contributed by atoms with E-state index in [9.17, 15) is 40.6 Å². The lowest BCUT2D eigenvalue weighted by Gasteiger charge is -2.21. The molecule has 1 aliphatic rings. The Morgan fingerprint density at radius 2 is 1.44 bits per heavy atom. The van der Waals surface area contributed by atoms with Crippen molar-refractivity contribution in [3.05, 3.63) is 47.5 Å². The molecule has 1 aliphatic carbocycles. The highest BCUT2D eigenvalue weighted by Crippen LogP contribution is 2.46. The first kappa shape index (κ1) is 25.6. The average Bonchev–Trinajstić information content (AvgIpc) is 3.06. The van der Waals surface area contributed by atoms with Gasteiger partial charge in [-0.15, -0.1) is 0 Å². The zero-order valence-electron chi connectivity index (χ0n) is 18.1. The number of alkyl carbamates (subject to hydrolysis) is 1. The van der Waals surface area contributed by atoms with E-state index in [2.05, 4.69) is 5.32 Å². The van der Waals surface area contributed by atoms with Crippen LogP contribution in [0.4, 0.5) is 4.79 Å². The number of ether oxygens (including phenoxy) is 1. The lowest BCUT2D eigenvalue weighted by Crippen LogP contribution is -2.45. The molecule has 184 valence electrons. The molecule has 3 rings (SSSR count). The lowest BCUT2D eigenvalue weighted by molar-refractivity contribution is -0.140. The number of hydrogen-bond acceptors (Lipinski definition) is 7. The second-order valence-electron chi connectivity index (χ2n) is 7.95. The predicted octanol–water partition coefficient (Wildman–Crippen LogP) is 2.52. The van der Waals surface area contributed by atoms with Crippen LogP contribution >= 0.6 is 0 Å². The molecule has 0 unspecified atom stereocenters. The van der Waals surface area contributed by atoms with Crippen molar-refractivity contribution in [1.29, 1.82) is 0 Å². The summed E-state index contributed by atoms with van der Waals surface area (Å²) in [5.41, 5.74) is 1.70. The quantitative estimate of drug-likeness (QED) is 0.382. The number of carbonyl (C=O) groups is 2. The Hall–Kier alpha value is -3.00. The van der Waals surface area contributed by atoms with Crippen LogP contribution in [0.3, 0.4) is 0 Å². The van der Waals surface area contributed by atoms with Crippen molar-refractivity contribution in [3.8, 4) is 11.1 Å². The summed E-state index contributed by atoms with van der Waals surface area (Å²) in [5.74, 6) is -2.47.